The van der Waals surface area contributed by atoms with Gasteiger partial charge in [-0.2, -0.15) is 9.97 Å². The molecule has 5 atom stereocenters. The van der Waals surface area contributed by atoms with Crippen molar-refractivity contribution in [2.45, 2.75) is 57.8 Å². The summed E-state index contributed by atoms with van der Waals surface area (Å²) in [6, 6.07) is 17.2. The minimum Gasteiger partial charge on any atom is -0.394 e. The average molecular weight is 661 g/mol. The molecule has 0 aliphatic carbocycles. The second kappa shape index (κ2) is 14.2. The number of aromatic nitrogens is 4. The number of ether oxygens (including phenoxy) is 1. The fourth-order valence-corrected chi connectivity index (χ4v) is 6.13. The minimum absolute atomic E-state index is 0.0211. The molecule has 1 aliphatic heterocycles. The first-order chi connectivity index (χ1) is 21.5. The lowest BCUT2D eigenvalue weighted by Gasteiger charge is -2.32. The maximum atomic E-state index is 13.6. The van der Waals surface area contributed by atoms with Crippen molar-refractivity contribution in [2.75, 3.05) is 17.4 Å². The van der Waals surface area contributed by atoms with E-state index in [2.05, 4.69) is 15.0 Å². The molecular formula is C29H34ClN6O8P. The molecule has 0 spiro atoms. The van der Waals surface area contributed by atoms with E-state index in [9.17, 15) is 19.4 Å². The largest absolute Gasteiger partial charge is 0.530 e. The molecule has 45 heavy (non-hydrogen) atoms. The van der Waals surface area contributed by atoms with E-state index in [1.165, 1.54) is 16.0 Å². The number of phosphoric ester groups is 1. The Labute approximate surface area is 264 Å². The van der Waals surface area contributed by atoms with Crippen LogP contribution in [0.3, 0.4) is 0 Å². The Balaban J connectivity index is 1.33. The van der Waals surface area contributed by atoms with Crippen molar-refractivity contribution >= 4 is 48.1 Å². The van der Waals surface area contributed by atoms with E-state index in [0.29, 0.717) is 5.69 Å². The monoisotopic (exact) mass is 660 g/mol. The van der Waals surface area contributed by atoms with Gasteiger partial charge >= 0.3 is 13.8 Å². The maximum absolute atomic E-state index is 13.6. The summed E-state index contributed by atoms with van der Waals surface area (Å²) >= 11 is 5.97. The van der Waals surface area contributed by atoms with Gasteiger partial charge < -0.3 is 20.1 Å². The molecule has 1 unspecified atom stereocenters. The molecule has 1 aliphatic rings. The highest BCUT2D eigenvalue weighted by atomic mass is 35.5. The van der Waals surface area contributed by atoms with Crippen LogP contribution in [0.4, 0.5) is 11.5 Å². The second-order valence-electron chi connectivity index (χ2n) is 10.8. The van der Waals surface area contributed by atoms with Gasteiger partial charge in [0.25, 0.3) is 0 Å². The number of hydroxylamine groups is 1. The van der Waals surface area contributed by atoms with E-state index in [-0.39, 0.29) is 47.6 Å². The fourth-order valence-electron chi connectivity index (χ4n) is 5.01. The summed E-state index contributed by atoms with van der Waals surface area (Å²) in [4.78, 5) is 42.7. The van der Waals surface area contributed by atoms with E-state index >= 15 is 0 Å². The summed E-state index contributed by atoms with van der Waals surface area (Å²) in [6.45, 7) is 3.39. The van der Waals surface area contributed by atoms with Crippen LogP contribution in [0.15, 0.2) is 67.0 Å². The lowest BCUT2D eigenvalue weighted by atomic mass is 10.0. The Kier molecular flexibility index (Phi) is 10.3. The van der Waals surface area contributed by atoms with E-state index in [1.54, 1.807) is 24.3 Å². The predicted octanol–water partition coefficient (Wildman–Crippen LogP) is 4.42. The number of anilines is 2. The van der Waals surface area contributed by atoms with Crippen LogP contribution < -0.4 is 10.8 Å². The fraction of sp³-hybridized carbons (Fsp3) is 0.379. The number of rotatable bonds is 13. The summed E-state index contributed by atoms with van der Waals surface area (Å²) in [5, 5.41) is 11.3. The van der Waals surface area contributed by atoms with Gasteiger partial charge in [0.1, 0.15) is 24.0 Å². The zero-order valence-corrected chi connectivity index (χ0v) is 26.2. The SMILES string of the molecule is CC(C)C[C@@H](C(=O)OP(=O)(O)O[C@H]1C[C@H](n2cnc3c(N)nc(Cl)nc32)O[C@@H]1CO)N(OCc1ccccc1)c1ccccc1. The van der Waals surface area contributed by atoms with Gasteiger partial charge in [0.2, 0.25) is 5.28 Å². The number of nitrogen functional groups attached to an aromatic ring is 1. The van der Waals surface area contributed by atoms with Gasteiger partial charge in [-0.25, -0.2) is 19.4 Å². The molecule has 4 aromatic rings. The number of aliphatic hydroxyl groups is 1. The summed E-state index contributed by atoms with van der Waals surface area (Å²) in [5.74, 6) is -0.981. The van der Waals surface area contributed by atoms with E-state index < -0.39 is 44.9 Å². The Morgan fingerprint density at radius 1 is 1.18 bits per heavy atom. The zero-order valence-electron chi connectivity index (χ0n) is 24.5. The Morgan fingerprint density at radius 2 is 1.87 bits per heavy atom. The molecule has 5 rings (SSSR count). The number of nitrogens with zero attached hydrogens (tertiary/aromatic N) is 5. The van der Waals surface area contributed by atoms with E-state index in [4.69, 9.17) is 36.0 Å². The van der Waals surface area contributed by atoms with Gasteiger partial charge in [0.05, 0.1) is 25.2 Å². The smallest absolute Gasteiger partial charge is 0.394 e. The van der Waals surface area contributed by atoms with Crippen molar-refractivity contribution in [2.24, 2.45) is 5.92 Å². The van der Waals surface area contributed by atoms with Crippen molar-refractivity contribution in [1.29, 1.82) is 0 Å². The molecule has 0 amide bonds. The zero-order chi connectivity index (χ0) is 32.1. The second-order valence-corrected chi connectivity index (χ2v) is 12.5. The van der Waals surface area contributed by atoms with Crippen molar-refractivity contribution in [3.63, 3.8) is 0 Å². The first kappa shape index (κ1) is 32.8. The van der Waals surface area contributed by atoms with Crippen LogP contribution in [-0.4, -0.2) is 60.3 Å². The molecular weight excluding hydrogens is 627 g/mol. The quantitative estimate of drug-likeness (QED) is 0.104. The van der Waals surface area contributed by atoms with Crippen LogP contribution in [-0.2, 0) is 34.6 Å². The van der Waals surface area contributed by atoms with Crippen LogP contribution >= 0.6 is 19.4 Å². The van der Waals surface area contributed by atoms with Crippen LogP contribution in [0.2, 0.25) is 5.28 Å². The summed E-state index contributed by atoms with van der Waals surface area (Å²) in [5.41, 5.74) is 7.85. The first-order valence-electron chi connectivity index (χ1n) is 14.2. The number of hydrogen-bond donors (Lipinski definition) is 3. The molecule has 0 saturated carbocycles. The van der Waals surface area contributed by atoms with Gasteiger partial charge in [0.15, 0.2) is 17.5 Å². The van der Waals surface area contributed by atoms with Crippen molar-refractivity contribution in [1.82, 2.24) is 19.5 Å². The number of aliphatic hydroxyl groups excluding tert-OH is 1. The third-order valence-corrected chi connectivity index (χ3v) is 8.16. The molecule has 240 valence electrons. The Hall–Kier alpha value is -3.62. The highest BCUT2D eigenvalue weighted by molar-refractivity contribution is 7.48. The highest BCUT2D eigenvalue weighted by Gasteiger charge is 2.44. The van der Waals surface area contributed by atoms with Crippen LogP contribution in [0, 0.1) is 5.92 Å². The third kappa shape index (κ3) is 7.97. The molecule has 4 N–H and O–H groups in total. The number of carbonyl (C=O) groups excluding carboxylic acids is 1. The number of hydrogen-bond acceptors (Lipinski definition) is 12. The van der Waals surface area contributed by atoms with Crippen LogP contribution in [0.25, 0.3) is 11.2 Å². The van der Waals surface area contributed by atoms with Crippen molar-refractivity contribution < 1.29 is 38.0 Å². The van der Waals surface area contributed by atoms with Crippen LogP contribution in [0.5, 0.6) is 0 Å². The van der Waals surface area contributed by atoms with Crippen LogP contribution in [0.1, 0.15) is 38.5 Å². The maximum Gasteiger partial charge on any atom is 0.530 e. The Bertz CT molecular complexity index is 1650. The first-order valence-corrected chi connectivity index (χ1v) is 16.1. The molecule has 1 saturated heterocycles. The third-order valence-electron chi connectivity index (χ3n) is 7.04. The van der Waals surface area contributed by atoms with Crippen molar-refractivity contribution in [3.05, 3.63) is 77.8 Å². The van der Waals surface area contributed by atoms with Gasteiger partial charge in [-0.3, -0.25) is 18.8 Å². The number of carbonyl (C=O) groups is 1. The summed E-state index contributed by atoms with van der Waals surface area (Å²) in [7, 11) is -5.04. The normalized spacial score (nSPS) is 20.3. The van der Waals surface area contributed by atoms with E-state index in [1.807, 2.05) is 50.2 Å². The lowest BCUT2D eigenvalue weighted by Crippen LogP contribution is -2.43. The highest BCUT2D eigenvalue weighted by Crippen LogP contribution is 2.49. The topological polar surface area (TPSA) is 184 Å². The number of phosphoric acid groups is 1. The summed E-state index contributed by atoms with van der Waals surface area (Å²) < 4.78 is 31.3. The van der Waals surface area contributed by atoms with E-state index in [0.717, 1.165) is 5.56 Å². The molecule has 0 radical (unpaired) electrons. The minimum atomic E-state index is -5.04. The number of benzene rings is 2. The molecule has 3 heterocycles. The van der Waals surface area contributed by atoms with Gasteiger partial charge in [0, 0.05) is 6.42 Å². The number of imidazole rings is 1. The van der Waals surface area contributed by atoms with Crippen molar-refractivity contribution in [3.8, 4) is 0 Å². The molecule has 16 heteroatoms. The molecule has 2 aromatic carbocycles. The number of fused-ring (bicyclic) bond motifs is 1. The summed E-state index contributed by atoms with van der Waals surface area (Å²) in [6.07, 6.45) is -1.40. The molecule has 0 bridgehead atoms. The number of halogens is 1. The number of nitrogens with two attached hydrogens (primary N) is 1. The molecule has 1 fully saturated rings. The van der Waals surface area contributed by atoms with Gasteiger partial charge in [-0.1, -0.05) is 62.4 Å². The average Bonchev–Trinajstić information content (AvgIpc) is 3.60. The van der Waals surface area contributed by atoms with Gasteiger partial charge in [-0.15, -0.1) is 0 Å². The number of para-hydroxylation sites is 1. The molecule has 2 aromatic heterocycles. The lowest BCUT2D eigenvalue weighted by molar-refractivity contribution is -0.141. The van der Waals surface area contributed by atoms with Gasteiger partial charge in [-0.05, 0) is 41.6 Å². The molecule has 14 nitrogen and oxygen atoms in total. The standard InChI is InChI=1S/C29H34ClN6O8P/c1-18(2)13-21(36(20-11-7-4-8-12-20)41-16-19-9-5-3-6-10-19)28(38)44-45(39,40)43-22-14-24(42-23(22)15-37)35-17-32-25-26(31)33-29(30)34-27(25)35/h3-12,17-18,21-24,37H,13-16H2,1-2H3,(H,39,40)(H2,31,33,34)/t21-,22-,23+,24+/m0/s1. The predicted molar refractivity (Wildman–Crippen MR) is 165 cm³/mol. The Morgan fingerprint density at radius 3 is 2.53 bits per heavy atom.